The molecule has 1 saturated heterocycles. The number of amides is 1. The van der Waals surface area contributed by atoms with Gasteiger partial charge in [-0.25, -0.2) is 0 Å². The first-order valence-electron chi connectivity index (χ1n) is 8.58. The topological polar surface area (TPSA) is 41.6 Å². The van der Waals surface area contributed by atoms with Crippen molar-refractivity contribution in [2.75, 3.05) is 39.4 Å². The summed E-state index contributed by atoms with van der Waals surface area (Å²) in [4.78, 5) is 16.3. The van der Waals surface area contributed by atoms with Crippen molar-refractivity contribution >= 4 is 28.8 Å². The highest BCUT2D eigenvalue weighted by Crippen LogP contribution is 2.25. The Kier molecular flexibility index (Phi) is 6.87. The Hall–Kier alpha value is -1.40. The van der Waals surface area contributed by atoms with Gasteiger partial charge >= 0.3 is 0 Å². The van der Waals surface area contributed by atoms with E-state index in [0.29, 0.717) is 18.0 Å². The van der Waals surface area contributed by atoms with E-state index in [1.807, 2.05) is 35.7 Å². The number of thiophene rings is 1. The molecule has 1 aromatic carbocycles. The zero-order chi connectivity index (χ0) is 17.5. The number of nitrogens with zero attached hydrogens (tertiary/aromatic N) is 1. The first-order chi connectivity index (χ1) is 12.2. The molecule has 0 spiro atoms. The fourth-order valence-corrected chi connectivity index (χ4v) is 3.85. The highest BCUT2D eigenvalue weighted by atomic mass is 35.5. The van der Waals surface area contributed by atoms with Gasteiger partial charge in [-0.2, -0.15) is 0 Å². The van der Waals surface area contributed by atoms with Crippen LogP contribution in [0.4, 0.5) is 0 Å². The van der Waals surface area contributed by atoms with Gasteiger partial charge in [-0.05, 0) is 35.6 Å². The van der Waals surface area contributed by atoms with Crippen LogP contribution in [0.5, 0.6) is 0 Å². The summed E-state index contributed by atoms with van der Waals surface area (Å²) in [6.07, 6.45) is 0.711. The molecule has 1 aromatic heterocycles. The number of rotatable bonds is 7. The average Bonchev–Trinajstić information content (AvgIpc) is 3.15. The van der Waals surface area contributed by atoms with Crippen LogP contribution in [0.15, 0.2) is 41.8 Å². The summed E-state index contributed by atoms with van der Waals surface area (Å²) < 4.78 is 5.35. The third-order valence-electron chi connectivity index (χ3n) is 4.41. The van der Waals surface area contributed by atoms with Crippen LogP contribution >= 0.6 is 22.9 Å². The molecule has 0 radical (unpaired) electrons. The molecule has 2 aromatic rings. The van der Waals surface area contributed by atoms with Crippen LogP contribution in [0.2, 0.25) is 5.02 Å². The number of hydrogen-bond acceptors (Lipinski definition) is 4. The van der Waals surface area contributed by atoms with Gasteiger partial charge in [0.1, 0.15) is 0 Å². The first-order valence-corrected chi connectivity index (χ1v) is 9.84. The van der Waals surface area contributed by atoms with Gasteiger partial charge in [0.05, 0.1) is 19.1 Å². The van der Waals surface area contributed by atoms with Gasteiger partial charge < -0.3 is 10.1 Å². The van der Waals surface area contributed by atoms with E-state index >= 15 is 0 Å². The van der Waals surface area contributed by atoms with Crippen molar-refractivity contribution in [2.45, 2.75) is 12.3 Å². The highest BCUT2D eigenvalue weighted by Gasteiger charge is 2.22. The van der Waals surface area contributed by atoms with Crippen molar-refractivity contribution in [1.29, 1.82) is 0 Å². The third-order valence-corrected chi connectivity index (χ3v) is 5.56. The SMILES string of the molecule is O=C(NCCN1CCOCC1)C(Cc1cccs1)c1ccc(Cl)cc1. The Morgan fingerprint density at radius 3 is 2.68 bits per heavy atom. The third kappa shape index (κ3) is 5.54. The second-order valence-electron chi connectivity index (χ2n) is 6.13. The molecule has 2 heterocycles. The molecule has 25 heavy (non-hydrogen) atoms. The molecule has 134 valence electrons. The average molecular weight is 379 g/mol. The zero-order valence-corrected chi connectivity index (χ0v) is 15.7. The summed E-state index contributed by atoms with van der Waals surface area (Å²) in [6, 6.07) is 11.7. The zero-order valence-electron chi connectivity index (χ0n) is 14.1. The second-order valence-corrected chi connectivity index (χ2v) is 7.60. The summed E-state index contributed by atoms with van der Waals surface area (Å²) >= 11 is 7.68. The normalized spacial score (nSPS) is 16.5. The molecule has 1 aliphatic heterocycles. The van der Waals surface area contributed by atoms with E-state index in [2.05, 4.69) is 16.3 Å². The number of halogens is 1. The van der Waals surface area contributed by atoms with E-state index in [1.165, 1.54) is 4.88 Å². The summed E-state index contributed by atoms with van der Waals surface area (Å²) in [5, 5.41) is 5.84. The summed E-state index contributed by atoms with van der Waals surface area (Å²) in [7, 11) is 0. The molecule has 0 saturated carbocycles. The number of carbonyl (C=O) groups is 1. The molecule has 4 nitrogen and oxygen atoms in total. The van der Waals surface area contributed by atoms with Gasteiger partial charge in [-0.15, -0.1) is 11.3 Å². The largest absolute Gasteiger partial charge is 0.379 e. The van der Waals surface area contributed by atoms with Crippen molar-refractivity contribution in [3.63, 3.8) is 0 Å². The van der Waals surface area contributed by atoms with Crippen molar-refractivity contribution in [3.05, 3.63) is 57.2 Å². The highest BCUT2D eigenvalue weighted by molar-refractivity contribution is 7.09. The Balaban J connectivity index is 1.61. The molecule has 3 rings (SSSR count). The number of nitrogens with one attached hydrogen (secondary N) is 1. The molecular formula is C19H23ClN2O2S. The molecular weight excluding hydrogens is 356 g/mol. The number of carbonyl (C=O) groups excluding carboxylic acids is 1. The van der Waals surface area contributed by atoms with E-state index in [9.17, 15) is 4.79 Å². The maximum absolute atomic E-state index is 12.8. The summed E-state index contributed by atoms with van der Waals surface area (Å²) in [6.45, 7) is 4.95. The van der Waals surface area contributed by atoms with Gasteiger partial charge in [-0.1, -0.05) is 29.8 Å². The molecule has 1 unspecified atom stereocenters. The fraction of sp³-hybridized carbons (Fsp3) is 0.421. The van der Waals surface area contributed by atoms with Crippen LogP contribution in [0, 0.1) is 0 Å². The summed E-state index contributed by atoms with van der Waals surface area (Å²) in [5.41, 5.74) is 1.00. The molecule has 1 fully saturated rings. The van der Waals surface area contributed by atoms with E-state index in [-0.39, 0.29) is 11.8 Å². The van der Waals surface area contributed by atoms with E-state index < -0.39 is 0 Å². The standard InChI is InChI=1S/C19H23ClN2O2S/c20-16-5-3-15(4-6-16)18(14-17-2-1-13-25-17)19(23)21-7-8-22-9-11-24-12-10-22/h1-6,13,18H,7-12,14H2,(H,21,23). The second kappa shape index (κ2) is 9.34. The van der Waals surface area contributed by atoms with Crippen LogP contribution in [-0.4, -0.2) is 50.2 Å². The van der Waals surface area contributed by atoms with Crippen molar-refractivity contribution in [3.8, 4) is 0 Å². The Labute approximate surface area is 157 Å². The van der Waals surface area contributed by atoms with Crippen LogP contribution in [-0.2, 0) is 16.0 Å². The molecule has 6 heteroatoms. The van der Waals surface area contributed by atoms with Crippen LogP contribution in [0.1, 0.15) is 16.4 Å². The fourth-order valence-electron chi connectivity index (χ4n) is 2.97. The number of ether oxygens (including phenoxy) is 1. The molecule has 1 aliphatic rings. The smallest absolute Gasteiger partial charge is 0.227 e. The van der Waals surface area contributed by atoms with Gasteiger partial charge in [0.15, 0.2) is 0 Å². The van der Waals surface area contributed by atoms with Crippen molar-refractivity contribution < 1.29 is 9.53 Å². The molecule has 1 amide bonds. The number of benzene rings is 1. The van der Waals surface area contributed by atoms with Crippen LogP contribution < -0.4 is 5.32 Å². The van der Waals surface area contributed by atoms with Gasteiger partial charge in [0, 0.05) is 36.1 Å². The van der Waals surface area contributed by atoms with Crippen molar-refractivity contribution in [2.24, 2.45) is 0 Å². The quantitative estimate of drug-likeness (QED) is 0.804. The lowest BCUT2D eigenvalue weighted by Gasteiger charge is -2.27. The Morgan fingerprint density at radius 2 is 2.00 bits per heavy atom. The molecule has 1 N–H and O–H groups in total. The minimum atomic E-state index is -0.194. The number of morpholine rings is 1. The summed E-state index contributed by atoms with van der Waals surface area (Å²) in [5.74, 6) is -0.121. The lowest BCUT2D eigenvalue weighted by Crippen LogP contribution is -2.42. The van der Waals surface area contributed by atoms with Crippen LogP contribution in [0.25, 0.3) is 0 Å². The van der Waals surface area contributed by atoms with Crippen LogP contribution in [0.3, 0.4) is 0 Å². The molecule has 0 aliphatic carbocycles. The van der Waals surface area contributed by atoms with E-state index in [0.717, 1.165) is 38.4 Å². The lowest BCUT2D eigenvalue weighted by molar-refractivity contribution is -0.122. The Bertz CT molecular complexity index is 655. The van der Waals surface area contributed by atoms with E-state index in [1.54, 1.807) is 11.3 Å². The monoisotopic (exact) mass is 378 g/mol. The predicted molar refractivity (Wildman–Crippen MR) is 102 cm³/mol. The maximum atomic E-state index is 12.8. The van der Waals surface area contributed by atoms with Crippen molar-refractivity contribution in [1.82, 2.24) is 10.2 Å². The number of hydrogen-bond donors (Lipinski definition) is 1. The van der Waals surface area contributed by atoms with Gasteiger partial charge in [0.25, 0.3) is 0 Å². The van der Waals surface area contributed by atoms with Gasteiger partial charge in [0.2, 0.25) is 5.91 Å². The predicted octanol–water partition coefficient (Wildman–Crippen LogP) is 3.18. The minimum Gasteiger partial charge on any atom is -0.379 e. The van der Waals surface area contributed by atoms with Gasteiger partial charge in [-0.3, -0.25) is 9.69 Å². The maximum Gasteiger partial charge on any atom is 0.227 e. The Morgan fingerprint density at radius 1 is 1.24 bits per heavy atom. The molecule has 0 bridgehead atoms. The minimum absolute atomic E-state index is 0.0731. The first kappa shape index (κ1) is 18.4. The molecule has 1 atom stereocenters. The lowest BCUT2D eigenvalue weighted by atomic mass is 9.94. The van der Waals surface area contributed by atoms with E-state index in [4.69, 9.17) is 16.3 Å².